The zero-order valence-corrected chi connectivity index (χ0v) is 23.1. The smallest absolute Gasteiger partial charge is 0.335 e. The highest BCUT2D eigenvalue weighted by atomic mass is 16.5. The second kappa shape index (κ2) is 9.33. The highest BCUT2D eigenvalue weighted by molar-refractivity contribution is 6.32. The molecule has 0 radical (unpaired) electrons. The van der Waals surface area contributed by atoms with Gasteiger partial charge < -0.3 is 9.84 Å². The molecule has 4 aliphatic carbocycles. The zero-order valence-electron chi connectivity index (χ0n) is 23.1. The summed E-state index contributed by atoms with van der Waals surface area (Å²) in [5.74, 6) is 2.10. The van der Waals surface area contributed by atoms with Crippen LogP contribution in [0.4, 0.5) is 5.69 Å². The SMILES string of the molecule is COc1ccc(N2N=C(C)C(=Cc3c(O)n(-c4ccc(C56CC7CC(CC(C7)C5)C6)cc4)c(=O)[nH]c3=O)C2=O)cc1. The maximum absolute atomic E-state index is 13.3. The van der Waals surface area contributed by atoms with E-state index in [0.717, 1.165) is 22.3 Å². The number of hydrazone groups is 1. The summed E-state index contributed by atoms with van der Waals surface area (Å²) in [5, 5.41) is 16.8. The van der Waals surface area contributed by atoms with Crippen LogP contribution in [0.5, 0.6) is 11.6 Å². The van der Waals surface area contributed by atoms with E-state index >= 15 is 0 Å². The van der Waals surface area contributed by atoms with E-state index in [1.807, 2.05) is 12.1 Å². The van der Waals surface area contributed by atoms with E-state index in [0.29, 0.717) is 22.8 Å². The molecule has 0 unspecified atom stereocenters. The first-order chi connectivity index (χ1) is 19.7. The lowest BCUT2D eigenvalue weighted by Crippen LogP contribution is -2.48. The van der Waals surface area contributed by atoms with Gasteiger partial charge in [-0.2, -0.15) is 10.1 Å². The molecular formula is C32H32N4O5. The highest BCUT2D eigenvalue weighted by Crippen LogP contribution is 2.60. The average molecular weight is 553 g/mol. The lowest BCUT2D eigenvalue weighted by molar-refractivity contribution is -0.114. The number of rotatable bonds is 5. The molecule has 9 heteroatoms. The van der Waals surface area contributed by atoms with Gasteiger partial charge >= 0.3 is 5.69 Å². The molecule has 2 aromatic carbocycles. The molecular weight excluding hydrogens is 520 g/mol. The molecule has 2 heterocycles. The number of nitrogens with one attached hydrogen (secondary N) is 1. The Morgan fingerprint density at radius 1 is 0.927 bits per heavy atom. The van der Waals surface area contributed by atoms with Gasteiger partial charge in [-0.25, -0.2) is 9.36 Å². The fourth-order valence-electron chi connectivity index (χ4n) is 8.06. The normalized spacial score (nSPS) is 27.5. The van der Waals surface area contributed by atoms with Crippen molar-refractivity contribution in [1.82, 2.24) is 9.55 Å². The Bertz CT molecular complexity index is 1690. The molecule has 41 heavy (non-hydrogen) atoms. The average Bonchev–Trinajstić information content (AvgIpc) is 3.23. The number of H-pyrrole nitrogens is 1. The lowest BCUT2D eigenvalue weighted by atomic mass is 9.48. The van der Waals surface area contributed by atoms with Crippen molar-refractivity contribution in [3.8, 4) is 17.3 Å². The molecule has 0 atom stereocenters. The van der Waals surface area contributed by atoms with Crippen LogP contribution in [0.15, 0.2) is 68.8 Å². The zero-order chi connectivity index (χ0) is 28.5. The van der Waals surface area contributed by atoms with E-state index < -0.39 is 23.0 Å². The van der Waals surface area contributed by atoms with E-state index in [4.69, 9.17) is 4.74 Å². The van der Waals surface area contributed by atoms with Gasteiger partial charge in [0.05, 0.1) is 29.8 Å². The molecule has 1 aliphatic heterocycles. The Labute approximate surface area is 236 Å². The number of nitrogens with zero attached hydrogens (tertiary/aromatic N) is 3. The largest absolute Gasteiger partial charge is 0.497 e. The van der Waals surface area contributed by atoms with E-state index in [1.54, 1.807) is 38.3 Å². The van der Waals surface area contributed by atoms with Crippen molar-refractivity contribution in [2.24, 2.45) is 22.9 Å². The minimum absolute atomic E-state index is 0.143. The molecule has 9 nitrogen and oxygen atoms in total. The van der Waals surface area contributed by atoms with Crippen LogP contribution in [0.25, 0.3) is 11.8 Å². The Hall–Kier alpha value is -4.40. The summed E-state index contributed by atoms with van der Waals surface area (Å²) in [6, 6.07) is 14.7. The van der Waals surface area contributed by atoms with Gasteiger partial charge in [-0.3, -0.25) is 14.6 Å². The number of hydrogen-bond acceptors (Lipinski definition) is 6. The lowest BCUT2D eigenvalue weighted by Gasteiger charge is -2.57. The number of anilines is 1. The molecule has 210 valence electrons. The number of aromatic hydroxyl groups is 1. The number of carbonyl (C=O) groups excluding carboxylic acids is 1. The van der Waals surface area contributed by atoms with Gasteiger partial charge in [-0.05, 0) is 117 Å². The molecule has 1 amide bonds. The van der Waals surface area contributed by atoms with Gasteiger partial charge in [0.15, 0.2) is 0 Å². The molecule has 0 spiro atoms. The van der Waals surface area contributed by atoms with Crippen LogP contribution in [0.1, 0.15) is 56.6 Å². The number of hydrogen-bond donors (Lipinski definition) is 2. The molecule has 0 saturated heterocycles. The van der Waals surface area contributed by atoms with E-state index in [1.165, 1.54) is 55.2 Å². The molecule has 8 rings (SSSR count). The molecule has 3 aromatic rings. The van der Waals surface area contributed by atoms with Crippen molar-refractivity contribution < 1.29 is 14.6 Å². The van der Waals surface area contributed by atoms with E-state index in [-0.39, 0.29) is 16.6 Å². The Kier molecular flexibility index (Phi) is 5.81. The standard InChI is InChI=1S/C32H32N4O5/c1-18-26(30(39)36(34-18)24-7-9-25(41-2)10-8-24)14-27-28(37)33-31(40)35(29(27)38)23-5-3-22(4-6-23)32-15-19-11-20(16-32)13-21(12-19)17-32/h3-10,14,19-21,38H,11-13,15-17H2,1-2H3,(H,33,37,40). The minimum Gasteiger partial charge on any atom is -0.497 e. The predicted molar refractivity (Wildman–Crippen MR) is 156 cm³/mol. The van der Waals surface area contributed by atoms with E-state index in [2.05, 4.69) is 22.2 Å². The summed E-state index contributed by atoms with van der Waals surface area (Å²) in [4.78, 5) is 41.3. The summed E-state index contributed by atoms with van der Waals surface area (Å²) < 4.78 is 6.25. The van der Waals surface area contributed by atoms with Crippen LogP contribution in [0, 0.1) is 17.8 Å². The predicted octanol–water partition coefficient (Wildman–Crippen LogP) is 4.51. The van der Waals surface area contributed by atoms with Crippen molar-refractivity contribution in [2.75, 3.05) is 12.1 Å². The summed E-state index contributed by atoms with van der Waals surface area (Å²) in [6.45, 7) is 1.65. The van der Waals surface area contributed by atoms with E-state index in [9.17, 15) is 19.5 Å². The quantitative estimate of drug-likeness (QED) is 0.452. The molecule has 2 N–H and O–H groups in total. The molecule has 4 bridgehead atoms. The Balaban J connectivity index is 1.22. The number of methoxy groups -OCH3 is 1. The summed E-state index contributed by atoms with van der Waals surface area (Å²) >= 11 is 0. The topological polar surface area (TPSA) is 117 Å². The summed E-state index contributed by atoms with van der Waals surface area (Å²) in [5.41, 5.74) is 1.26. The maximum Gasteiger partial charge on any atom is 0.335 e. The third-order valence-electron chi connectivity index (χ3n) is 9.57. The van der Waals surface area contributed by atoms with Gasteiger partial charge in [0.25, 0.3) is 11.5 Å². The first-order valence-corrected chi connectivity index (χ1v) is 14.2. The number of carbonyl (C=O) groups is 1. The van der Waals surface area contributed by atoms with Crippen LogP contribution >= 0.6 is 0 Å². The molecule has 5 aliphatic rings. The van der Waals surface area contributed by atoms with Gasteiger partial charge in [0.2, 0.25) is 5.88 Å². The van der Waals surface area contributed by atoms with Crippen molar-refractivity contribution in [1.29, 1.82) is 0 Å². The number of aromatic nitrogens is 2. The summed E-state index contributed by atoms with van der Waals surface area (Å²) in [6.07, 6.45) is 9.05. The molecule has 4 saturated carbocycles. The number of ether oxygens (including phenoxy) is 1. The number of amides is 1. The second-order valence-corrected chi connectivity index (χ2v) is 12.1. The fourth-order valence-corrected chi connectivity index (χ4v) is 8.06. The van der Waals surface area contributed by atoms with Crippen LogP contribution in [-0.2, 0) is 10.2 Å². The van der Waals surface area contributed by atoms with Crippen molar-refractivity contribution in [2.45, 2.75) is 50.9 Å². The third-order valence-corrected chi connectivity index (χ3v) is 9.57. The number of benzene rings is 2. The fraction of sp³-hybridized carbons (Fsp3) is 0.375. The first kappa shape index (κ1) is 25.6. The van der Waals surface area contributed by atoms with Gasteiger partial charge in [-0.1, -0.05) is 12.1 Å². The van der Waals surface area contributed by atoms with Crippen LogP contribution in [0.2, 0.25) is 0 Å². The van der Waals surface area contributed by atoms with Crippen molar-refractivity contribution in [3.63, 3.8) is 0 Å². The molecule has 4 fully saturated rings. The minimum atomic E-state index is -0.787. The van der Waals surface area contributed by atoms with Crippen LogP contribution < -0.4 is 21.0 Å². The van der Waals surface area contributed by atoms with Crippen molar-refractivity contribution in [3.05, 3.63) is 86.1 Å². The molecule has 1 aromatic heterocycles. The Morgan fingerprint density at radius 3 is 2.10 bits per heavy atom. The summed E-state index contributed by atoms with van der Waals surface area (Å²) in [7, 11) is 1.56. The van der Waals surface area contributed by atoms with Gasteiger partial charge in [0, 0.05) is 0 Å². The first-order valence-electron chi connectivity index (χ1n) is 14.2. The Morgan fingerprint density at radius 2 is 1.51 bits per heavy atom. The monoisotopic (exact) mass is 552 g/mol. The van der Waals surface area contributed by atoms with Gasteiger partial charge in [0.1, 0.15) is 11.3 Å². The van der Waals surface area contributed by atoms with Crippen LogP contribution in [0.3, 0.4) is 0 Å². The third kappa shape index (κ3) is 4.13. The van der Waals surface area contributed by atoms with Crippen molar-refractivity contribution >= 4 is 23.4 Å². The van der Waals surface area contributed by atoms with Crippen LogP contribution in [-0.4, -0.2) is 33.4 Å². The second-order valence-electron chi connectivity index (χ2n) is 12.1. The van der Waals surface area contributed by atoms with Gasteiger partial charge in [-0.15, -0.1) is 0 Å². The highest BCUT2D eigenvalue weighted by Gasteiger charge is 2.51. The number of aromatic amines is 1. The maximum atomic E-state index is 13.3.